The molecule has 0 saturated carbocycles. The number of aromatic nitrogens is 1. The number of rotatable bonds is 3. The van der Waals surface area contributed by atoms with Crippen molar-refractivity contribution in [3.8, 4) is 0 Å². The molecule has 1 amide bonds. The van der Waals surface area contributed by atoms with Crippen LogP contribution >= 0.6 is 11.3 Å². The van der Waals surface area contributed by atoms with Gasteiger partial charge < -0.3 is 4.57 Å². The second kappa shape index (κ2) is 8.33. The number of piperidine rings is 1. The van der Waals surface area contributed by atoms with Crippen molar-refractivity contribution in [3.63, 3.8) is 0 Å². The Labute approximate surface area is 186 Å². The molecule has 1 atom stereocenters. The average Bonchev–Trinajstić information content (AvgIpc) is 3.08. The van der Waals surface area contributed by atoms with Crippen LogP contribution < -0.4 is 4.80 Å². The highest BCUT2D eigenvalue weighted by molar-refractivity contribution is 7.89. The molecule has 6 nitrogen and oxygen atoms in total. The van der Waals surface area contributed by atoms with Gasteiger partial charge in [-0.3, -0.25) is 4.79 Å². The van der Waals surface area contributed by atoms with Gasteiger partial charge in [-0.1, -0.05) is 29.9 Å². The van der Waals surface area contributed by atoms with Gasteiger partial charge in [0.05, 0.1) is 15.1 Å². The third-order valence-corrected chi connectivity index (χ3v) is 9.29. The van der Waals surface area contributed by atoms with Crippen LogP contribution in [0.25, 0.3) is 10.2 Å². The summed E-state index contributed by atoms with van der Waals surface area (Å²) in [5.74, 6) is -0.382. The number of benzene rings is 2. The van der Waals surface area contributed by atoms with Crippen LogP contribution in [0, 0.1) is 13.8 Å². The van der Waals surface area contributed by atoms with Crippen LogP contribution in [0.15, 0.2) is 46.3 Å². The number of aryl methyl sites for hydroxylation is 3. The van der Waals surface area contributed by atoms with Gasteiger partial charge in [0, 0.05) is 25.2 Å². The van der Waals surface area contributed by atoms with Crippen LogP contribution in [0.4, 0.5) is 0 Å². The van der Waals surface area contributed by atoms with E-state index < -0.39 is 10.0 Å². The van der Waals surface area contributed by atoms with E-state index in [0.717, 1.165) is 40.6 Å². The number of carbonyl (C=O) groups is 1. The lowest BCUT2D eigenvalue weighted by Gasteiger charge is -2.32. The van der Waals surface area contributed by atoms with E-state index in [-0.39, 0.29) is 16.8 Å². The highest BCUT2D eigenvalue weighted by atomic mass is 32.2. The van der Waals surface area contributed by atoms with Crippen molar-refractivity contribution in [2.45, 2.75) is 51.0 Å². The molecule has 1 fully saturated rings. The minimum Gasteiger partial charge on any atom is -0.319 e. The fourth-order valence-electron chi connectivity index (χ4n) is 4.15. The summed E-state index contributed by atoms with van der Waals surface area (Å²) in [6, 6.07) is 10.3. The van der Waals surface area contributed by atoms with Crippen molar-refractivity contribution in [1.82, 2.24) is 8.87 Å². The minimum absolute atomic E-state index is 0.00469. The van der Waals surface area contributed by atoms with Gasteiger partial charge in [0.2, 0.25) is 10.0 Å². The van der Waals surface area contributed by atoms with Gasteiger partial charge in [0.1, 0.15) is 0 Å². The van der Waals surface area contributed by atoms with Crippen molar-refractivity contribution in [1.29, 1.82) is 0 Å². The Morgan fingerprint density at radius 3 is 2.39 bits per heavy atom. The molecule has 1 unspecified atom stereocenters. The molecule has 8 heteroatoms. The topological polar surface area (TPSA) is 71.7 Å². The summed E-state index contributed by atoms with van der Waals surface area (Å²) < 4.78 is 30.6. The molecule has 1 aliphatic heterocycles. The van der Waals surface area contributed by atoms with Crippen LogP contribution in [0.1, 0.15) is 47.7 Å². The number of amides is 1. The molecule has 3 aromatic rings. The Kier molecular flexibility index (Phi) is 5.89. The normalized spacial score (nSPS) is 18.6. The highest BCUT2D eigenvalue weighted by Crippen LogP contribution is 2.26. The molecule has 2 heterocycles. The number of hydrogen-bond donors (Lipinski definition) is 0. The molecule has 2 aromatic carbocycles. The Morgan fingerprint density at radius 1 is 1.06 bits per heavy atom. The van der Waals surface area contributed by atoms with E-state index in [1.54, 1.807) is 16.4 Å². The molecule has 0 radical (unpaired) electrons. The smallest absolute Gasteiger partial charge is 0.279 e. The van der Waals surface area contributed by atoms with Gasteiger partial charge in [-0.25, -0.2) is 8.42 Å². The molecule has 1 saturated heterocycles. The van der Waals surface area contributed by atoms with Crippen LogP contribution in [0.2, 0.25) is 0 Å². The lowest BCUT2D eigenvalue weighted by atomic mass is 10.1. The summed E-state index contributed by atoms with van der Waals surface area (Å²) in [5.41, 5.74) is 3.73. The summed E-state index contributed by atoms with van der Waals surface area (Å²) in [7, 11) is -1.65. The Hall–Kier alpha value is -2.29. The van der Waals surface area contributed by atoms with Crippen LogP contribution in [0.5, 0.6) is 0 Å². The maximum Gasteiger partial charge on any atom is 0.279 e. The van der Waals surface area contributed by atoms with Crippen molar-refractivity contribution >= 4 is 37.5 Å². The third kappa shape index (κ3) is 4.00. The summed E-state index contributed by atoms with van der Waals surface area (Å²) in [6.07, 6.45) is 2.81. The molecule has 0 N–H and O–H groups in total. The van der Waals surface area contributed by atoms with Crippen LogP contribution in [-0.2, 0) is 17.1 Å². The standard InChI is InChI=1S/C23H27N3O3S2/c1-15-8-9-16(2)21-20(15)25(4)23(30-21)24-22(27)18-10-12-19(13-11-18)31(28,29)26-14-6-5-7-17(26)3/h8-13,17H,5-7,14H2,1-4H3. The zero-order valence-electron chi connectivity index (χ0n) is 18.3. The van der Waals surface area contributed by atoms with Gasteiger partial charge >= 0.3 is 0 Å². The first-order valence-electron chi connectivity index (χ1n) is 10.5. The van der Waals surface area contributed by atoms with Gasteiger partial charge in [0.15, 0.2) is 4.80 Å². The number of carbonyl (C=O) groups excluding carboxylic acids is 1. The Bertz CT molecular complexity index is 1320. The van der Waals surface area contributed by atoms with E-state index in [1.807, 2.05) is 32.4 Å². The van der Waals surface area contributed by atoms with Gasteiger partial charge in [0.25, 0.3) is 5.91 Å². The van der Waals surface area contributed by atoms with Crippen LogP contribution in [0.3, 0.4) is 0 Å². The fraction of sp³-hybridized carbons (Fsp3) is 0.391. The number of sulfonamides is 1. The predicted molar refractivity (Wildman–Crippen MR) is 124 cm³/mol. The van der Waals surface area contributed by atoms with Gasteiger partial charge in [-0.05, 0) is 69.0 Å². The van der Waals surface area contributed by atoms with E-state index in [1.165, 1.54) is 23.5 Å². The molecular weight excluding hydrogens is 430 g/mol. The van der Waals surface area contributed by atoms with Gasteiger partial charge in [-0.2, -0.15) is 9.30 Å². The first-order chi connectivity index (χ1) is 14.7. The molecule has 0 spiro atoms. The second-order valence-electron chi connectivity index (χ2n) is 8.22. The molecule has 0 bridgehead atoms. The zero-order chi connectivity index (χ0) is 22.3. The fourth-order valence-corrected chi connectivity index (χ4v) is 7.02. The molecular formula is C23H27N3O3S2. The van der Waals surface area contributed by atoms with E-state index in [9.17, 15) is 13.2 Å². The minimum atomic E-state index is -3.56. The summed E-state index contributed by atoms with van der Waals surface area (Å²) in [6.45, 7) is 6.58. The molecule has 1 aromatic heterocycles. The summed E-state index contributed by atoms with van der Waals surface area (Å²) in [4.78, 5) is 18.0. The lowest BCUT2D eigenvalue weighted by molar-refractivity contribution is 0.0998. The number of thiazole rings is 1. The number of hydrogen-bond acceptors (Lipinski definition) is 4. The predicted octanol–water partition coefficient (Wildman–Crippen LogP) is 4.16. The van der Waals surface area contributed by atoms with E-state index in [4.69, 9.17) is 0 Å². The first-order valence-corrected chi connectivity index (χ1v) is 12.7. The maximum atomic E-state index is 13.0. The molecule has 164 valence electrons. The largest absolute Gasteiger partial charge is 0.319 e. The SMILES string of the molecule is Cc1ccc(C)c2c1sc(=NC(=O)c1ccc(S(=O)(=O)N3CCCCC3C)cc1)n2C. The molecule has 0 aliphatic carbocycles. The van der Waals surface area contributed by atoms with E-state index in [0.29, 0.717) is 16.9 Å². The lowest BCUT2D eigenvalue weighted by Crippen LogP contribution is -2.41. The monoisotopic (exact) mass is 457 g/mol. The summed E-state index contributed by atoms with van der Waals surface area (Å²) >= 11 is 1.49. The third-order valence-electron chi connectivity index (χ3n) is 5.99. The molecule has 4 rings (SSSR count). The maximum absolute atomic E-state index is 13.0. The molecule has 31 heavy (non-hydrogen) atoms. The zero-order valence-corrected chi connectivity index (χ0v) is 19.9. The molecule has 1 aliphatic rings. The van der Waals surface area contributed by atoms with E-state index >= 15 is 0 Å². The number of fused-ring (bicyclic) bond motifs is 1. The number of nitrogens with zero attached hydrogens (tertiary/aromatic N) is 3. The summed E-state index contributed by atoms with van der Waals surface area (Å²) in [5, 5.41) is 0. The van der Waals surface area contributed by atoms with E-state index in [2.05, 4.69) is 17.1 Å². The Morgan fingerprint density at radius 2 is 1.74 bits per heavy atom. The van der Waals surface area contributed by atoms with Crippen molar-refractivity contribution < 1.29 is 13.2 Å². The van der Waals surface area contributed by atoms with Crippen molar-refractivity contribution in [3.05, 3.63) is 57.9 Å². The quantitative estimate of drug-likeness (QED) is 0.593. The van der Waals surface area contributed by atoms with Crippen molar-refractivity contribution in [2.75, 3.05) is 6.54 Å². The van der Waals surface area contributed by atoms with Crippen LogP contribution in [-0.4, -0.2) is 35.8 Å². The van der Waals surface area contributed by atoms with Crippen molar-refractivity contribution in [2.24, 2.45) is 12.0 Å². The first kappa shape index (κ1) is 21.9. The Balaban J connectivity index is 1.65. The average molecular weight is 458 g/mol. The highest BCUT2D eigenvalue weighted by Gasteiger charge is 2.30. The second-order valence-corrected chi connectivity index (χ2v) is 11.1. The van der Waals surface area contributed by atoms with Gasteiger partial charge in [-0.15, -0.1) is 0 Å².